The zero-order valence-corrected chi connectivity index (χ0v) is 16.3. The van der Waals surface area contributed by atoms with E-state index < -0.39 is 48.4 Å². The number of carbonyl (C=O) groups is 4. The molecule has 0 aromatic heterocycles. The zero-order chi connectivity index (χ0) is 22.3. The number of hydrogen-bond acceptors (Lipinski definition) is 7. The van der Waals surface area contributed by atoms with E-state index in [2.05, 4.69) is 10.6 Å². The number of aliphatic hydroxyl groups excluding tert-OH is 1. The highest BCUT2D eigenvalue weighted by atomic mass is 16.4. The van der Waals surface area contributed by atoms with Crippen molar-refractivity contribution in [2.75, 3.05) is 19.7 Å². The standard InChI is InChI=1S/C19H26N4O7/c20-13(8-11-3-5-12(25)6-4-11)17(27)21-9-16(26)23-7-1-2-15(23)18(28)22-14(10-24)19(29)30/h3-6,13-15,24-25H,1-2,7-10,20H2,(H,21,27)(H,22,28)(H,29,30). The van der Waals surface area contributed by atoms with Crippen LogP contribution in [0.2, 0.25) is 0 Å². The van der Waals surface area contributed by atoms with Gasteiger partial charge in [-0.2, -0.15) is 0 Å². The molecule has 3 atom stereocenters. The summed E-state index contributed by atoms with van der Waals surface area (Å²) >= 11 is 0. The Morgan fingerprint density at radius 1 is 1.20 bits per heavy atom. The molecule has 30 heavy (non-hydrogen) atoms. The first-order valence-electron chi connectivity index (χ1n) is 9.47. The van der Waals surface area contributed by atoms with Crippen LogP contribution in [0.4, 0.5) is 0 Å². The van der Waals surface area contributed by atoms with Crippen LogP contribution in [0.1, 0.15) is 18.4 Å². The third-order valence-corrected chi connectivity index (χ3v) is 4.82. The fraction of sp³-hybridized carbons (Fsp3) is 0.474. The number of nitrogens with one attached hydrogen (secondary N) is 2. The number of likely N-dealkylation sites (tertiary alicyclic amines) is 1. The van der Waals surface area contributed by atoms with Crippen LogP contribution < -0.4 is 16.4 Å². The summed E-state index contributed by atoms with van der Waals surface area (Å²) in [5, 5.41) is 31.9. The van der Waals surface area contributed by atoms with Crippen molar-refractivity contribution in [1.82, 2.24) is 15.5 Å². The molecular formula is C19H26N4O7. The van der Waals surface area contributed by atoms with E-state index in [4.69, 9.17) is 15.9 Å². The Kier molecular flexibility index (Phi) is 8.13. The molecule has 1 aliphatic heterocycles. The van der Waals surface area contributed by atoms with Crippen LogP contribution in [-0.2, 0) is 25.6 Å². The van der Waals surface area contributed by atoms with Crippen LogP contribution in [0, 0.1) is 0 Å². The van der Waals surface area contributed by atoms with E-state index in [1.807, 2.05) is 0 Å². The van der Waals surface area contributed by atoms with Gasteiger partial charge < -0.3 is 36.6 Å². The van der Waals surface area contributed by atoms with Gasteiger partial charge in [0.15, 0.2) is 0 Å². The molecule has 7 N–H and O–H groups in total. The van der Waals surface area contributed by atoms with E-state index in [0.29, 0.717) is 19.4 Å². The maximum absolute atomic E-state index is 12.5. The number of nitrogens with two attached hydrogens (primary N) is 1. The molecule has 1 fully saturated rings. The minimum atomic E-state index is -1.45. The molecule has 1 aromatic rings. The number of aliphatic hydroxyl groups is 1. The molecule has 1 heterocycles. The molecule has 11 nitrogen and oxygen atoms in total. The number of nitrogens with zero attached hydrogens (tertiary/aromatic N) is 1. The van der Waals surface area contributed by atoms with E-state index in [1.54, 1.807) is 12.1 Å². The molecule has 0 saturated carbocycles. The van der Waals surface area contributed by atoms with Gasteiger partial charge in [0, 0.05) is 6.54 Å². The Bertz CT molecular complexity index is 784. The van der Waals surface area contributed by atoms with Crippen molar-refractivity contribution in [2.45, 2.75) is 37.4 Å². The summed E-state index contributed by atoms with van der Waals surface area (Å²) in [6, 6.07) is 3.01. The average molecular weight is 422 g/mol. The Hall–Kier alpha value is -3.18. The van der Waals surface area contributed by atoms with Crippen LogP contribution >= 0.6 is 0 Å². The molecule has 2 rings (SSSR count). The summed E-state index contributed by atoms with van der Waals surface area (Å²) in [5.41, 5.74) is 6.60. The van der Waals surface area contributed by atoms with Gasteiger partial charge in [0.25, 0.3) is 0 Å². The lowest BCUT2D eigenvalue weighted by Crippen LogP contribution is -2.54. The van der Waals surface area contributed by atoms with E-state index in [0.717, 1.165) is 5.56 Å². The van der Waals surface area contributed by atoms with Gasteiger partial charge >= 0.3 is 5.97 Å². The van der Waals surface area contributed by atoms with E-state index in [1.165, 1.54) is 17.0 Å². The third-order valence-electron chi connectivity index (χ3n) is 4.82. The highest BCUT2D eigenvalue weighted by molar-refractivity contribution is 5.93. The second-order valence-corrected chi connectivity index (χ2v) is 7.02. The van der Waals surface area contributed by atoms with Crippen molar-refractivity contribution < 1.29 is 34.5 Å². The minimum Gasteiger partial charge on any atom is -0.508 e. The number of aliphatic carboxylic acids is 1. The largest absolute Gasteiger partial charge is 0.508 e. The van der Waals surface area contributed by atoms with E-state index in [9.17, 15) is 24.3 Å². The molecule has 3 unspecified atom stereocenters. The molecule has 1 aliphatic rings. The van der Waals surface area contributed by atoms with Crippen molar-refractivity contribution in [3.8, 4) is 5.75 Å². The van der Waals surface area contributed by atoms with Gasteiger partial charge in [-0.1, -0.05) is 12.1 Å². The van der Waals surface area contributed by atoms with Crippen molar-refractivity contribution in [3.05, 3.63) is 29.8 Å². The summed E-state index contributed by atoms with van der Waals surface area (Å²) in [6.07, 6.45) is 1.12. The third kappa shape index (κ3) is 6.16. The van der Waals surface area contributed by atoms with Crippen LogP contribution in [0.3, 0.4) is 0 Å². The summed E-state index contributed by atoms with van der Waals surface area (Å²) in [5.74, 6) is -2.98. The molecule has 11 heteroatoms. The number of carbonyl (C=O) groups excluding carboxylic acids is 3. The lowest BCUT2D eigenvalue weighted by molar-refractivity contribution is -0.144. The molecule has 0 aliphatic carbocycles. The first-order valence-corrected chi connectivity index (χ1v) is 9.47. The number of amides is 3. The van der Waals surface area contributed by atoms with Crippen molar-refractivity contribution in [1.29, 1.82) is 0 Å². The number of carboxylic acid groups (broad SMARTS) is 1. The van der Waals surface area contributed by atoms with Crippen LogP contribution in [0.25, 0.3) is 0 Å². The number of hydrogen-bond donors (Lipinski definition) is 6. The van der Waals surface area contributed by atoms with E-state index >= 15 is 0 Å². The maximum atomic E-state index is 12.5. The van der Waals surface area contributed by atoms with Crippen molar-refractivity contribution in [2.24, 2.45) is 5.73 Å². The SMILES string of the molecule is NC(Cc1ccc(O)cc1)C(=O)NCC(=O)N1CCCC1C(=O)NC(CO)C(=O)O. The van der Waals surface area contributed by atoms with Gasteiger partial charge in [-0.05, 0) is 37.0 Å². The molecular weight excluding hydrogens is 396 g/mol. The lowest BCUT2D eigenvalue weighted by Gasteiger charge is -2.25. The van der Waals surface area contributed by atoms with Gasteiger partial charge in [-0.3, -0.25) is 14.4 Å². The topological polar surface area (TPSA) is 182 Å². The summed E-state index contributed by atoms with van der Waals surface area (Å²) < 4.78 is 0. The molecule has 1 aromatic carbocycles. The maximum Gasteiger partial charge on any atom is 0.328 e. The molecule has 0 bridgehead atoms. The number of phenols is 1. The molecule has 1 saturated heterocycles. The van der Waals surface area contributed by atoms with Gasteiger partial charge in [0.05, 0.1) is 19.2 Å². The summed E-state index contributed by atoms with van der Waals surface area (Å²) in [6.45, 7) is -0.825. The molecule has 0 radical (unpaired) electrons. The molecule has 164 valence electrons. The number of carboxylic acids is 1. The lowest BCUT2D eigenvalue weighted by atomic mass is 10.1. The normalized spacial score (nSPS) is 17.8. The van der Waals surface area contributed by atoms with Crippen LogP contribution in [0.5, 0.6) is 5.75 Å². The highest BCUT2D eigenvalue weighted by Crippen LogP contribution is 2.17. The van der Waals surface area contributed by atoms with Crippen LogP contribution in [0.15, 0.2) is 24.3 Å². The van der Waals surface area contributed by atoms with Gasteiger partial charge in [-0.15, -0.1) is 0 Å². The van der Waals surface area contributed by atoms with Gasteiger partial charge in [0.2, 0.25) is 17.7 Å². The fourth-order valence-electron chi connectivity index (χ4n) is 3.17. The average Bonchev–Trinajstić information content (AvgIpc) is 3.21. The number of aromatic hydroxyl groups is 1. The second-order valence-electron chi connectivity index (χ2n) is 7.02. The number of benzene rings is 1. The Balaban J connectivity index is 1.86. The molecule has 3 amide bonds. The summed E-state index contributed by atoms with van der Waals surface area (Å²) in [7, 11) is 0. The van der Waals surface area contributed by atoms with Crippen LogP contribution in [-0.4, -0.2) is 81.7 Å². The van der Waals surface area contributed by atoms with Crippen molar-refractivity contribution in [3.63, 3.8) is 0 Å². The molecule has 0 spiro atoms. The smallest absolute Gasteiger partial charge is 0.328 e. The Morgan fingerprint density at radius 2 is 1.87 bits per heavy atom. The number of rotatable bonds is 9. The van der Waals surface area contributed by atoms with Gasteiger partial charge in [0.1, 0.15) is 17.8 Å². The fourth-order valence-corrected chi connectivity index (χ4v) is 3.17. The minimum absolute atomic E-state index is 0.0974. The second kappa shape index (κ2) is 10.6. The first kappa shape index (κ1) is 23.1. The zero-order valence-electron chi connectivity index (χ0n) is 16.3. The highest BCUT2D eigenvalue weighted by Gasteiger charge is 2.35. The Labute approximate surface area is 172 Å². The first-order chi connectivity index (χ1) is 14.2. The summed E-state index contributed by atoms with van der Waals surface area (Å²) in [4.78, 5) is 49.2. The quantitative estimate of drug-likeness (QED) is 0.262. The Morgan fingerprint density at radius 3 is 2.47 bits per heavy atom. The number of phenolic OH excluding ortho intramolecular Hbond substituents is 1. The van der Waals surface area contributed by atoms with Gasteiger partial charge in [-0.25, -0.2) is 4.79 Å². The van der Waals surface area contributed by atoms with Crippen molar-refractivity contribution >= 4 is 23.7 Å². The monoisotopic (exact) mass is 422 g/mol. The predicted octanol–water partition coefficient (Wildman–Crippen LogP) is -2.07. The predicted molar refractivity (Wildman–Crippen MR) is 104 cm³/mol. The van der Waals surface area contributed by atoms with E-state index in [-0.39, 0.29) is 18.7 Å².